The third-order valence-electron chi connectivity index (χ3n) is 2.79. The second-order valence-corrected chi connectivity index (χ2v) is 4.03. The van der Waals surface area contributed by atoms with Crippen LogP contribution in [0.25, 0.3) is 11.1 Å². The van der Waals surface area contributed by atoms with Crippen molar-refractivity contribution in [3.63, 3.8) is 0 Å². The van der Waals surface area contributed by atoms with Crippen molar-refractivity contribution >= 4 is 5.82 Å². The first-order chi connectivity index (χ1) is 7.99. The Morgan fingerprint density at radius 1 is 1.18 bits per heavy atom. The van der Waals surface area contributed by atoms with Gasteiger partial charge in [0.1, 0.15) is 11.6 Å². The van der Waals surface area contributed by atoms with Gasteiger partial charge in [-0.3, -0.25) is 9.36 Å². The molecule has 4 heteroatoms. The summed E-state index contributed by atoms with van der Waals surface area (Å²) in [6.07, 6.45) is 0. The van der Waals surface area contributed by atoms with E-state index in [4.69, 9.17) is 5.73 Å². The van der Waals surface area contributed by atoms with Gasteiger partial charge in [-0.2, -0.15) is 0 Å². The summed E-state index contributed by atoms with van der Waals surface area (Å²) < 4.78 is 14.5. The van der Waals surface area contributed by atoms with Crippen LogP contribution < -0.4 is 11.3 Å². The molecule has 0 bridgehead atoms. The summed E-state index contributed by atoms with van der Waals surface area (Å²) in [6.45, 7) is 1.68. The number of aromatic nitrogens is 1. The number of nitrogens with two attached hydrogens (primary N) is 1. The van der Waals surface area contributed by atoms with Gasteiger partial charge in [0.15, 0.2) is 0 Å². The largest absolute Gasteiger partial charge is 0.385 e. The van der Waals surface area contributed by atoms with Crippen molar-refractivity contribution in [2.75, 3.05) is 5.73 Å². The van der Waals surface area contributed by atoms with Crippen molar-refractivity contribution in [1.82, 2.24) is 4.57 Å². The molecular weight excluding hydrogens is 219 g/mol. The summed E-state index contributed by atoms with van der Waals surface area (Å²) in [5.74, 6) is 0.125. The second kappa shape index (κ2) is 4.05. The monoisotopic (exact) mass is 232 g/mol. The zero-order valence-electron chi connectivity index (χ0n) is 9.70. The van der Waals surface area contributed by atoms with Gasteiger partial charge in [0, 0.05) is 13.1 Å². The number of benzene rings is 1. The van der Waals surface area contributed by atoms with Crippen LogP contribution in [0.4, 0.5) is 10.2 Å². The first kappa shape index (κ1) is 11.4. The van der Waals surface area contributed by atoms with Gasteiger partial charge in [0.2, 0.25) is 0 Å². The van der Waals surface area contributed by atoms with Crippen LogP contribution in [0.5, 0.6) is 0 Å². The Morgan fingerprint density at radius 3 is 2.47 bits per heavy atom. The van der Waals surface area contributed by atoms with Gasteiger partial charge < -0.3 is 5.73 Å². The molecule has 0 fully saturated rings. The van der Waals surface area contributed by atoms with E-state index in [0.717, 1.165) is 5.56 Å². The van der Waals surface area contributed by atoms with Crippen LogP contribution in [0.1, 0.15) is 5.56 Å². The summed E-state index contributed by atoms with van der Waals surface area (Å²) in [5, 5.41) is 0. The van der Waals surface area contributed by atoms with Gasteiger partial charge in [-0.05, 0) is 41.8 Å². The molecule has 2 rings (SSSR count). The second-order valence-electron chi connectivity index (χ2n) is 4.03. The zero-order valence-corrected chi connectivity index (χ0v) is 9.70. The van der Waals surface area contributed by atoms with Crippen LogP contribution in [-0.2, 0) is 7.05 Å². The Balaban J connectivity index is 2.61. The smallest absolute Gasteiger partial charge is 0.252 e. The lowest BCUT2D eigenvalue weighted by Gasteiger charge is -2.07. The van der Waals surface area contributed by atoms with E-state index in [0.29, 0.717) is 16.9 Å². The first-order valence-electron chi connectivity index (χ1n) is 5.22. The number of aryl methyl sites for hydroxylation is 1. The molecule has 0 saturated heterocycles. The summed E-state index contributed by atoms with van der Waals surface area (Å²) >= 11 is 0. The number of hydrogen-bond donors (Lipinski definition) is 1. The van der Waals surface area contributed by atoms with Gasteiger partial charge in [0.05, 0.1) is 0 Å². The highest BCUT2D eigenvalue weighted by atomic mass is 19.1. The van der Waals surface area contributed by atoms with E-state index in [-0.39, 0.29) is 11.4 Å². The SMILES string of the molecule is Cc1cc(-c2cc(N)n(C)c(=O)c2)ccc1F. The van der Waals surface area contributed by atoms with Gasteiger partial charge in [0.25, 0.3) is 5.56 Å². The lowest BCUT2D eigenvalue weighted by Crippen LogP contribution is -2.18. The van der Waals surface area contributed by atoms with Crippen molar-refractivity contribution < 1.29 is 4.39 Å². The highest BCUT2D eigenvalue weighted by Gasteiger charge is 2.05. The fourth-order valence-corrected chi connectivity index (χ4v) is 1.65. The molecule has 0 radical (unpaired) electrons. The Bertz CT molecular complexity index is 632. The molecule has 0 spiro atoms. The maximum atomic E-state index is 13.1. The van der Waals surface area contributed by atoms with Crippen LogP contribution in [0, 0.1) is 12.7 Å². The van der Waals surface area contributed by atoms with Crippen molar-refractivity contribution in [3.8, 4) is 11.1 Å². The molecule has 0 amide bonds. The Kier molecular flexibility index (Phi) is 2.71. The number of halogens is 1. The van der Waals surface area contributed by atoms with Crippen LogP contribution in [0.15, 0.2) is 35.1 Å². The summed E-state index contributed by atoms with van der Waals surface area (Å²) in [7, 11) is 1.61. The lowest BCUT2D eigenvalue weighted by molar-refractivity contribution is 0.619. The predicted octanol–water partition coefficient (Wildman–Crippen LogP) is 2.08. The van der Waals surface area contributed by atoms with Crippen LogP contribution >= 0.6 is 0 Å². The molecule has 0 aliphatic carbocycles. The quantitative estimate of drug-likeness (QED) is 0.818. The highest BCUT2D eigenvalue weighted by Crippen LogP contribution is 2.21. The Hall–Kier alpha value is -2.10. The van der Waals surface area contributed by atoms with E-state index in [1.807, 2.05) is 0 Å². The molecule has 2 aromatic rings. The van der Waals surface area contributed by atoms with Crippen LogP contribution in [0.3, 0.4) is 0 Å². The minimum Gasteiger partial charge on any atom is -0.385 e. The molecule has 1 aromatic heterocycles. The summed E-state index contributed by atoms with van der Waals surface area (Å²) in [6, 6.07) is 7.91. The minimum atomic E-state index is -0.259. The first-order valence-corrected chi connectivity index (χ1v) is 5.22. The van der Waals surface area contributed by atoms with E-state index in [2.05, 4.69) is 0 Å². The normalized spacial score (nSPS) is 10.5. The maximum Gasteiger partial charge on any atom is 0.252 e. The maximum absolute atomic E-state index is 13.1. The number of anilines is 1. The molecule has 3 nitrogen and oxygen atoms in total. The van der Waals surface area contributed by atoms with E-state index >= 15 is 0 Å². The topological polar surface area (TPSA) is 48.0 Å². The van der Waals surface area contributed by atoms with Crippen LogP contribution in [-0.4, -0.2) is 4.57 Å². The predicted molar refractivity (Wildman–Crippen MR) is 66.2 cm³/mol. The molecule has 2 N–H and O–H groups in total. The zero-order chi connectivity index (χ0) is 12.6. The van der Waals surface area contributed by atoms with E-state index in [1.54, 1.807) is 32.2 Å². The van der Waals surface area contributed by atoms with Crippen molar-refractivity contribution in [1.29, 1.82) is 0 Å². The summed E-state index contributed by atoms with van der Waals surface area (Å²) in [4.78, 5) is 11.6. The van der Waals surface area contributed by atoms with Gasteiger partial charge in [-0.1, -0.05) is 6.07 Å². The van der Waals surface area contributed by atoms with Gasteiger partial charge >= 0.3 is 0 Å². The standard InChI is InChI=1S/C13H13FN2O/c1-8-5-9(3-4-11(8)14)10-6-12(15)16(2)13(17)7-10/h3-7H,15H2,1-2H3. The average molecular weight is 232 g/mol. The molecule has 0 saturated carbocycles. The molecule has 0 aliphatic rings. The molecular formula is C13H13FN2O. The molecule has 88 valence electrons. The number of nitrogen functional groups attached to an aromatic ring is 1. The van der Waals surface area contributed by atoms with Crippen LogP contribution in [0.2, 0.25) is 0 Å². The molecule has 1 heterocycles. The molecule has 0 unspecified atom stereocenters. The van der Waals surface area contributed by atoms with Gasteiger partial charge in [-0.25, -0.2) is 4.39 Å². The lowest BCUT2D eigenvalue weighted by atomic mass is 10.0. The van der Waals surface area contributed by atoms with Crippen molar-refractivity contribution in [2.45, 2.75) is 6.92 Å². The van der Waals surface area contributed by atoms with E-state index < -0.39 is 0 Å². The molecule has 0 aliphatic heterocycles. The number of pyridine rings is 1. The molecule has 0 atom stereocenters. The van der Waals surface area contributed by atoms with E-state index in [1.165, 1.54) is 16.7 Å². The van der Waals surface area contributed by atoms with Crippen molar-refractivity contribution in [3.05, 3.63) is 52.1 Å². The number of hydrogen-bond acceptors (Lipinski definition) is 2. The number of rotatable bonds is 1. The fraction of sp³-hybridized carbons (Fsp3) is 0.154. The molecule has 1 aromatic carbocycles. The summed E-state index contributed by atoms with van der Waals surface area (Å²) in [5.41, 5.74) is 7.57. The third-order valence-corrected chi connectivity index (χ3v) is 2.79. The molecule has 17 heavy (non-hydrogen) atoms. The fourth-order valence-electron chi connectivity index (χ4n) is 1.65. The van der Waals surface area contributed by atoms with E-state index in [9.17, 15) is 9.18 Å². The average Bonchev–Trinajstić information content (AvgIpc) is 2.29. The highest BCUT2D eigenvalue weighted by molar-refractivity contribution is 5.66. The Labute approximate surface area is 98.3 Å². The minimum absolute atomic E-state index is 0.179. The van der Waals surface area contributed by atoms with Crippen molar-refractivity contribution in [2.24, 2.45) is 7.05 Å². The third kappa shape index (κ3) is 2.06. The number of nitrogens with zero attached hydrogens (tertiary/aromatic N) is 1. The Morgan fingerprint density at radius 2 is 1.88 bits per heavy atom. The van der Waals surface area contributed by atoms with Gasteiger partial charge in [-0.15, -0.1) is 0 Å².